The van der Waals surface area contributed by atoms with E-state index in [0.29, 0.717) is 21.6 Å². The molecule has 1 fully saturated rings. The third-order valence-corrected chi connectivity index (χ3v) is 7.48. The molecule has 29 heavy (non-hydrogen) atoms. The first kappa shape index (κ1) is 20.5. The number of nitrogens with zero attached hydrogens (tertiary/aromatic N) is 3. The second-order valence-corrected chi connectivity index (χ2v) is 9.69. The zero-order valence-electron chi connectivity index (χ0n) is 17.6. The van der Waals surface area contributed by atoms with Crippen LogP contribution in [0.25, 0.3) is 10.2 Å². The molecule has 0 aliphatic carbocycles. The molecule has 0 aromatic carbocycles. The summed E-state index contributed by atoms with van der Waals surface area (Å²) in [5.41, 5.74) is 0.809. The molecule has 0 unspecified atom stereocenters. The van der Waals surface area contributed by atoms with Crippen molar-refractivity contribution < 1.29 is 4.79 Å². The molecular weight excluding hydrogens is 384 g/mol. The minimum absolute atomic E-state index is 0.0268. The van der Waals surface area contributed by atoms with Crippen LogP contribution < -0.4 is 10.9 Å². The van der Waals surface area contributed by atoms with Crippen LogP contribution in [0.15, 0.2) is 4.79 Å². The molecular formula is C22H32N4O2S. The van der Waals surface area contributed by atoms with Crippen molar-refractivity contribution in [3.8, 4) is 0 Å². The first-order chi connectivity index (χ1) is 14.0. The van der Waals surface area contributed by atoms with E-state index in [1.54, 1.807) is 0 Å². The SMILES string of the molecule is Cc1c(C(=O)NCCCN2CCC[C@@H](C)C2)sc2nc3n(c(=O)c12)CCCCC3. The van der Waals surface area contributed by atoms with E-state index in [2.05, 4.69) is 17.1 Å². The Bertz CT molecular complexity index is 948. The third kappa shape index (κ3) is 4.40. The zero-order chi connectivity index (χ0) is 20.4. The van der Waals surface area contributed by atoms with Gasteiger partial charge in [0.25, 0.3) is 11.5 Å². The van der Waals surface area contributed by atoms with Gasteiger partial charge in [-0.15, -0.1) is 11.3 Å². The predicted molar refractivity (Wildman–Crippen MR) is 118 cm³/mol. The second kappa shape index (κ2) is 8.96. The lowest BCUT2D eigenvalue weighted by Gasteiger charge is -2.30. The summed E-state index contributed by atoms with van der Waals surface area (Å²) in [4.78, 5) is 34.4. The van der Waals surface area contributed by atoms with Crippen LogP contribution in [-0.4, -0.2) is 46.5 Å². The average Bonchev–Trinajstić information content (AvgIpc) is 2.87. The van der Waals surface area contributed by atoms with E-state index < -0.39 is 0 Å². The highest BCUT2D eigenvalue weighted by molar-refractivity contribution is 7.20. The second-order valence-electron chi connectivity index (χ2n) is 8.69. The Labute approximate surface area is 176 Å². The van der Waals surface area contributed by atoms with Gasteiger partial charge in [-0.25, -0.2) is 4.98 Å². The molecule has 1 atom stereocenters. The molecule has 4 rings (SSSR count). The summed E-state index contributed by atoms with van der Waals surface area (Å²) in [6.07, 6.45) is 7.64. The first-order valence-corrected chi connectivity index (χ1v) is 11.9. The van der Waals surface area contributed by atoms with Crippen molar-refractivity contribution in [1.82, 2.24) is 19.8 Å². The number of hydrogen-bond donors (Lipinski definition) is 1. The average molecular weight is 417 g/mol. The quantitative estimate of drug-likeness (QED) is 0.759. The molecule has 2 aliphatic heterocycles. The topological polar surface area (TPSA) is 67.2 Å². The Morgan fingerprint density at radius 1 is 1.24 bits per heavy atom. The van der Waals surface area contributed by atoms with Gasteiger partial charge >= 0.3 is 0 Å². The standard InChI is InChI=1S/C22H32N4O2S/c1-15-8-6-11-25(14-15)12-7-10-23-20(27)19-16(2)18-21(29-19)24-17-9-4-3-5-13-26(17)22(18)28/h15H,3-14H2,1-2H3,(H,23,27)/t15-/m1/s1. The number of carbonyl (C=O) groups excluding carboxylic acids is 1. The summed E-state index contributed by atoms with van der Waals surface area (Å²) < 4.78 is 1.83. The molecule has 2 aromatic heterocycles. The number of amides is 1. The van der Waals surface area contributed by atoms with Crippen molar-refractivity contribution in [2.45, 2.75) is 65.3 Å². The van der Waals surface area contributed by atoms with Gasteiger partial charge in [0, 0.05) is 26.1 Å². The molecule has 2 aliphatic rings. The number of thiophene rings is 1. The monoisotopic (exact) mass is 416 g/mol. The Kier molecular flexibility index (Phi) is 6.35. The lowest BCUT2D eigenvalue weighted by Crippen LogP contribution is -2.36. The van der Waals surface area contributed by atoms with Gasteiger partial charge in [0.15, 0.2) is 0 Å². The van der Waals surface area contributed by atoms with Gasteiger partial charge in [-0.1, -0.05) is 13.3 Å². The highest BCUT2D eigenvalue weighted by Gasteiger charge is 2.22. The van der Waals surface area contributed by atoms with Crippen LogP contribution in [0.2, 0.25) is 0 Å². The number of aryl methyl sites for hydroxylation is 2. The fraction of sp³-hybridized carbons (Fsp3) is 0.682. The fourth-order valence-electron chi connectivity index (χ4n) is 4.70. The minimum atomic E-state index is -0.0721. The zero-order valence-corrected chi connectivity index (χ0v) is 18.4. The molecule has 2 aromatic rings. The Morgan fingerprint density at radius 2 is 2.10 bits per heavy atom. The number of aromatic nitrogens is 2. The summed E-state index contributed by atoms with van der Waals surface area (Å²) in [5.74, 6) is 1.59. The summed E-state index contributed by atoms with van der Waals surface area (Å²) in [6, 6.07) is 0. The summed E-state index contributed by atoms with van der Waals surface area (Å²) in [5, 5.41) is 3.69. The molecule has 1 saturated heterocycles. The van der Waals surface area contributed by atoms with Gasteiger partial charge < -0.3 is 10.2 Å². The highest BCUT2D eigenvalue weighted by atomic mass is 32.1. The highest BCUT2D eigenvalue weighted by Crippen LogP contribution is 2.28. The van der Waals surface area contributed by atoms with Gasteiger partial charge in [-0.05, 0) is 63.6 Å². The molecule has 158 valence electrons. The summed E-state index contributed by atoms with van der Waals surface area (Å²) in [7, 11) is 0. The number of rotatable bonds is 5. The molecule has 6 nitrogen and oxygen atoms in total. The van der Waals surface area contributed by atoms with Gasteiger partial charge in [0.1, 0.15) is 10.7 Å². The maximum Gasteiger partial charge on any atom is 0.262 e. The van der Waals surface area contributed by atoms with Gasteiger partial charge in [0.05, 0.1) is 10.3 Å². The van der Waals surface area contributed by atoms with E-state index in [9.17, 15) is 9.59 Å². The Hall–Kier alpha value is -1.73. The molecule has 0 saturated carbocycles. The third-order valence-electron chi connectivity index (χ3n) is 6.30. The fourth-order valence-corrected chi connectivity index (χ4v) is 5.81. The summed E-state index contributed by atoms with van der Waals surface area (Å²) in [6.45, 7) is 8.98. The van der Waals surface area contributed by atoms with Crippen molar-refractivity contribution in [1.29, 1.82) is 0 Å². The molecule has 0 spiro atoms. The van der Waals surface area contributed by atoms with Crippen LogP contribution in [0.3, 0.4) is 0 Å². The van der Waals surface area contributed by atoms with Crippen LogP contribution in [0.1, 0.15) is 66.5 Å². The Morgan fingerprint density at radius 3 is 2.93 bits per heavy atom. The van der Waals surface area contributed by atoms with Crippen molar-refractivity contribution in [3.63, 3.8) is 0 Å². The van der Waals surface area contributed by atoms with Gasteiger partial charge in [-0.3, -0.25) is 14.2 Å². The number of piperidine rings is 1. The largest absolute Gasteiger partial charge is 0.351 e. The van der Waals surface area contributed by atoms with Crippen molar-refractivity contribution in [3.05, 3.63) is 26.6 Å². The van der Waals surface area contributed by atoms with E-state index in [-0.39, 0.29) is 11.5 Å². The van der Waals surface area contributed by atoms with Crippen LogP contribution in [0.4, 0.5) is 0 Å². The van der Waals surface area contributed by atoms with Crippen LogP contribution >= 0.6 is 11.3 Å². The summed E-state index contributed by atoms with van der Waals surface area (Å²) >= 11 is 1.37. The molecule has 1 N–H and O–H groups in total. The normalized spacial score (nSPS) is 20.4. The smallest absolute Gasteiger partial charge is 0.262 e. The molecule has 7 heteroatoms. The van der Waals surface area contributed by atoms with Crippen LogP contribution in [-0.2, 0) is 13.0 Å². The van der Waals surface area contributed by atoms with E-state index in [1.165, 1.54) is 37.3 Å². The van der Waals surface area contributed by atoms with Gasteiger partial charge in [0.2, 0.25) is 0 Å². The van der Waals surface area contributed by atoms with Gasteiger partial charge in [-0.2, -0.15) is 0 Å². The predicted octanol–water partition coefficient (Wildman–Crippen LogP) is 3.34. The molecule has 1 amide bonds. The van der Waals surface area contributed by atoms with E-state index in [4.69, 9.17) is 4.98 Å². The van der Waals surface area contributed by atoms with Crippen molar-refractivity contribution in [2.24, 2.45) is 5.92 Å². The molecule has 0 bridgehead atoms. The molecule has 4 heterocycles. The van der Waals surface area contributed by atoms with Crippen molar-refractivity contribution in [2.75, 3.05) is 26.2 Å². The minimum Gasteiger partial charge on any atom is -0.351 e. The first-order valence-electron chi connectivity index (χ1n) is 11.1. The number of hydrogen-bond acceptors (Lipinski definition) is 5. The number of fused-ring (bicyclic) bond motifs is 2. The maximum absolute atomic E-state index is 13.0. The van der Waals surface area contributed by atoms with Crippen molar-refractivity contribution >= 4 is 27.5 Å². The lowest BCUT2D eigenvalue weighted by molar-refractivity contribution is 0.0953. The number of nitrogens with one attached hydrogen (secondary N) is 1. The number of likely N-dealkylation sites (tertiary alicyclic amines) is 1. The Balaban J connectivity index is 1.43. The molecule has 0 radical (unpaired) electrons. The van der Waals surface area contributed by atoms with E-state index in [0.717, 1.165) is 62.5 Å². The lowest BCUT2D eigenvalue weighted by atomic mass is 10.0. The van der Waals surface area contributed by atoms with Crippen LogP contribution in [0.5, 0.6) is 0 Å². The van der Waals surface area contributed by atoms with E-state index in [1.807, 2.05) is 11.5 Å². The van der Waals surface area contributed by atoms with E-state index >= 15 is 0 Å². The maximum atomic E-state index is 13.0. The number of carbonyl (C=O) groups is 1. The van der Waals surface area contributed by atoms with Crippen LogP contribution in [0, 0.1) is 12.8 Å².